The van der Waals surface area contributed by atoms with E-state index in [1.165, 1.54) is 6.07 Å². The Kier molecular flexibility index (Phi) is 16.5. The van der Waals surface area contributed by atoms with Crippen molar-refractivity contribution in [3.05, 3.63) is 110 Å². The summed E-state index contributed by atoms with van der Waals surface area (Å²) in [5.41, 5.74) is 3.00. The lowest BCUT2D eigenvalue weighted by molar-refractivity contribution is -0.172. The zero-order chi connectivity index (χ0) is 55.4. The van der Waals surface area contributed by atoms with Crippen LogP contribution in [0.15, 0.2) is 59.4 Å². The number of cyclic esters (lactones) is 1. The van der Waals surface area contributed by atoms with E-state index in [-0.39, 0.29) is 94.5 Å². The molecule has 0 spiro atoms. The van der Waals surface area contributed by atoms with Gasteiger partial charge >= 0.3 is 5.97 Å². The van der Waals surface area contributed by atoms with Gasteiger partial charge in [-0.05, 0) is 66.8 Å². The fourth-order valence-electron chi connectivity index (χ4n) is 10.3. The van der Waals surface area contributed by atoms with Crippen molar-refractivity contribution in [1.29, 1.82) is 0 Å². The second kappa shape index (κ2) is 23.4. The Bertz CT molecular complexity index is 3220. The van der Waals surface area contributed by atoms with E-state index >= 15 is 4.39 Å². The molecule has 0 radical (unpaired) electrons. The second-order valence-corrected chi connectivity index (χ2v) is 20.2. The Morgan fingerprint density at radius 2 is 1.63 bits per heavy atom. The van der Waals surface area contributed by atoms with Crippen molar-refractivity contribution in [2.75, 3.05) is 52.7 Å². The van der Waals surface area contributed by atoms with E-state index in [0.717, 1.165) is 45.5 Å². The van der Waals surface area contributed by atoms with Gasteiger partial charge in [0.05, 0.1) is 86.0 Å². The third-order valence-electron chi connectivity index (χ3n) is 14.7. The van der Waals surface area contributed by atoms with Crippen LogP contribution in [0.1, 0.15) is 77.6 Å². The Morgan fingerprint density at radius 1 is 0.910 bits per heavy atom. The maximum absolute atomic E-state index is 15.4. The first-order valence-corrected chi connectivity index (χ1v) is 26.1. The number of rotatable bonds is 23. The summed E-state index contributed by atoms with van der Waals surface area (Å²) < 4.78 is 33.4. The first-order chi connectivity index (χ1) is 37.4. The maximum atomic E-state index is 15.4. The molecule has 5 aliphatic rings. The van der Waals surface area contributed by atoms with Crippen molar-refractivity contribution in [2.45, 2.75) is 83.2 Å². The number of carbonyl (C=O) groups excluding carboxylic acids is 8. The van der Waals surface area contributed by atoms with Crippen LogP contribution >= 0.6 is 12.2 Å². The van der Waals surface area contributed by atoms with Crippen LogP contribution < -0.4 is 37.5 Å². The summed E-state index contributed by atoms with van der Waals surface area (Å²) in [7, 11) is 0. The fourth-order valence-corrected chi connectivity index (χ4v) is 10.7. The van der Waals surface area contributed by atoms with Gasteiger partial charge in [-0.25, -0.2) is 14.2 Å². The predicted octanol–water partition coefficient (Wildman–Crippen LogP) is 0.566. The summed E-state index contributed by atoms with van der Waals surface area (Å²) in [6.07, 6.45) is 4.13. The lowest BCUT2D eigenvalue weighted by atomic mass is 9.81. The Morgan fingerprint density at radius 3 is 2.38 bits per heavy atom. The van der Waals surface area contributed by atoms with Gasteiger partial charge in [-0.1, -0.05) is 49.5 Å². The minimum atomic E-state index is -2.01. The predicted molar refractivity (Wildman–Crippen MR) is 279 cm³/mol. The zero-order valence-electron chi connectivity index (χ0n) is 42.8. The molecule has 1 fully saturated rings. The number of hydrogen-bond acceptors (Lipinski definition) is 15. The number of imide groups is 1. The number of hydrogen-bond donors (Lipinski definition) is 7. The van der Waals surface area contributed by atoms with E-state index in [0.29, 0.717) is 45.9 Å². The van der Waals surface area contributed by atoms with E-state index in [1.807, 2.05) is 0 Å². The van der Waals surface area contributed by atoms with Crippen LogP contribution in [-0.4, -0.2) is 131 Å². The van der Waals surface area contributed by atoms with Gasteiger partial charge in [-0.2, -0.15) is 0 Å². The number of aryl methyl sites for hydroxylation is 1. The van der Waals surface area contributed by atoms with Crippen LogP contribution in [0.5, 0.6) is 0 Å². The highest BCUT2D eigenvalue weighted by atomic mass is 32.1. The van der Waals surface area contributed by atoms with Crippen LogP contribution in [0, 0.1) is 24.6 Å². The van der Waals surface area contributed by atoms with E-state index < -0.39 is 90.0 Å². The molecule has 78 heavy (non-hydrogen) atoms. The van der Waals surface area contributed by atoms with Gasteiger partial charge in [0, 0.05) is 53.5 Å². The summed E-state index contributed by atoms with van der Waals surface area (Å²) in [6.45, 7) is 2.05. The molecule has 24 heteroatoms. The van der Waals surface area contributed by atoms with Gasteiger partial charge in [0.1, 0.15) is 25.2 Å². The Hall–Kier alpha value is -7.80. The molecule has 4 aromatic rings. The van der Waals surface area contributed by atoms with Crippen molar-refractivity contribution >= 4 is 75.4 Å². The minimum Gasteiger partial charge on any atom is -0.458 e. The van der Waals surface area contributed by atoms with Crippen LogP contribution in [0.2, 0.25) is 0 Å². The molecular formula is C54H58FN9O13S. The van der Waals surface area contributed by atoms with Crippen molar-refractivity contribution in [3.8, 4) is 11.4 Å². The molecule has 22 nitrogen and oxygen atoms in total. The molecule has 5 atom stereocenters. The number of halogens is 1. The molecule has 5 heterocycles. The third kappa shape index (κ3) is 11.7. The number of benzene rings is 2. The number of nitrogens with zero attached hydrogens (tertiary/aromatic N) is 3. The molecule has 410 valence electrons. The van der Waals surface area contributed by atoms with Crippen LogP contribution in [-0.2, 0) is 84.2 Å². The van der Waals surface area contributed by atoms with Crippen LogP contribution in [0.4, 0.5) is 4.39 Å². The van der Waals surface area contributed by atoms with Crippen LogP contribution in [0.3, 0.4) is 0 Å². The van der Waals surface area contributed by atoms with Crippen LogP contribution in [0.25, 0.3) is 22.3 Å². The SMILES string of the molecule is CC[C@@]1(O)C(=O)OCc2c1cc1n(c2=O)Cc2c-1nc1cc(F)c(C)c3c1c2[C@@H](NC(=S)[C@H]1C[C@@H]1COCNC(=O)CNC(=O)[C@H](Cc1ccccc1)NC(=O)CNC(=O)CNC(=O)CCOCCN1C(=O)C=CC1=O)CC3. The lowest BCUT2D eigenvalue weighted by Crippen LogP contribution is -2.52. The van der Waals surface area contributed by atoms with E-state index in [4.69, 9.17) is 31.4 Å². The van der Waals surface area contributed by atoms with E-state index in [2.05, 4.69) is 31.9 Å². The maximum Gasteiger partial charge on any atom is 0.343 e. The Balaban J connectivity index is 0.724. The molecule has 2 aliphatic carbocycles. The van der Waals surface area contributed by atoms with Gasteiger partial charge in [-0.3, -0.25) is 43.3 Å². The average Bonchev–Trinajstić information content (AvgIpc) is 4.04. The number of fused-ring (bicyclic) bond motifs is 5. The number of thiocarbonyl (C=S) groups is 1. The average molecular weight is 1090 g/mol. The number of aliphatic hydroxyl groups is 1. The first kappa shape index (κ1) is 55.0. The standard InChI is InChI=1S/C54H58FN9O13S/c1-3-54(74)35-19-40-49-33(24-64(40)52(72)34(35)26-77-53(54)73)48-37(10-9-31-28(2)36(55)20-38(61-49)47(31)48)62-51(78)32-18-30(32)25-76-27-59-43(67)22-58-50(71)39(17-29-7-5-4-6-8-29)60-44(68)23-57-42(66)21-56-41(65)13-15-75-16-14-63-45(69)11-12-46(63)70/h4-8,11-12,19-20,30,32,37,39,74H,3,9-10,13-18,21-27H2,1-2H3,(H,56,65)(H,57,66)(H,58,71)(H,59,67)(H,60,68)(H,62,78)/t30-,32+,37+,39+,54+/m1/s1. The molecular weight excluding hydrogens is 1030 g/mol. The highest BCUT2D eigenvalue weighted by molar-refractivity contribution is 7.80. The number of amides is 7. The van der Waals surface area contributed by atoms with Gasteiger partial charge in [0.25, 0.3) is 17.4 Å². The molecule has 2 aromatic carbocycles. The first-order valence-electron chi connectivity index (χ1n) is 25.7. The monoisotopic (exact) mass is 1090 g/mol. The van der Waals surface area contributed by atoms with E-state index in [1.54, 1.807) is 54.8 Å². The molecule has 3 aliphatic heterocycles. The zero-order valence-corrected chi connectivity index (χ0v) is 43.6. The van der Waals surface area contributed by atoms with Gasteiger partial charge in [0.15, 0.2) is 5.60 Å². The summed E-state index contributed by atoms with van der Waals surface area (Å²) in [6, 6.07) is 10.5. The summed E-state index contributed by atoms with van der Waals surface area (Å²) in [5, 5.41) is 28.3. The number of aromatic nitrogens is 2. The number of pyridine rings is 2. The van der Waals surface area contributed by atoms with Crippen molar-refractivity contribution in [1.82, 2.24) is 46.4 Å². The fraction of sp³-hybridized carbons (Fsp3) is 0.426. The molecule has 1 saturated carbocycles. The number of carbonyl (C=O) groups is 8. The molecule has 9 rings (SSSR count). The molecule has 2 aromatic heterocycles. The van der Waals surface area contributed by atoms with E-state index in [9.17, 15) is 48.3 Å². The second-order valence-electron chi connectivity index (χ2n) is 19.7. The van der Waals surface area contributed by atoms with Gasteiger partial charge in [-0.15, -0.1) is 0 Å². The smallest absolute Gasteiger partial charge is 0.343 e. The molecule has 0 bridgehead atoms. The third-order valence-corrected chi connectivity index (χ3v) is 15.2. The highest BCUT2D eigenvalue weighted by Gasteiger charge is 2.47. The molecule has 0 unspecified atom stereocenters. The number of nitrogens with one attached hydrogen (secondary N) is 6. The summed E-state index contributed by atoms with van der Waals surface area (Å²) in [5.74, 6) is -5.19. The number of ether oxygens (including phenoxy) is 3. The van der Waals surface area contributed by atoms with Gasteiger partial charge in [0.2, 0.25) is 29.5 Å². The number of esters is 1. The molecule has 7 N–H and O–H groups in total. The normalized spacial score (nSPS) is 19.8. The largest absolute Gasteiger partial charge is 0.458 e. The quantitative estimate of drug-likeness (QED) is 0.0155. The summed E-state index contributed by atoms with van der Waals surface area (Å²) in [4.78, 5) is 120. The highest BCUT2D eigenvalue weighted by Crippen LogP contribution is 2.47. The lowest BCUT2D eigenvalue weighted by Gasteiger charge is -2.31. The topological polar surface area (TPSA) is 295 Å². The molecule has 0 saturated heterocycles. The minimum absolute atomic E-state index is 0.00979. The van der Waals surface area contributed by atoms with Gasteiger partial charge < -0.3 is 55.8 Å². The Labute approximate surface area is 451 Å². The van der Waals surface area contributed by atoms with Crippen molar-refractivity contribution in [2.24, 2.45) is 11.8 Å². The molecule has 7 amide bonds. The summed E-state index contributed by atoms with van der Waals surface area (Å²) >= 11 is 5.98. The van der Waals surface area contributed by atoms with Crippen molar-refractivity contribution in [3.63, 3.8) is 0 Å². The van der Waals surface area contributed by atoms with Crippen molar-refractivity contribution < 1.29 is 62.1 Å².